The minimum Gasteiger partial charge on any atom is -0.298 e. The number of thiazole rings is 1. The van der Waals surface area contributed by atoms with Crippen LogP contribution >= 0.6 is 22.9 Å². The van der Waals surface area contributed by atoms with Gasteiger partial charge < -0.3 is 0 Å². The summed E-state index contributed by atoms with van der Waals surface area (Å²) in [5.74, 6) is -0.382. The maximum Gasteiger partial charge on any atom is 0.288 e. The largest absolute Gasteiger partial charge is 0.298 e. The molecule has 1 heterocycles. The van der Waals surface area contributed by atoms with E-state index in [4.69, 9.17) is 11.6 Å². The predicted octanol–water partition coefficient (Wildman–Crippen LogP) is 6.18. The minimum atomic E-state index is -0.566. The fraction of sp³-hybridized carbons (Fsp3) is 0. The van der Waals surface area contributed by atoms with Crippen molar-refractivity contribution in [1.29, 1.82) is 0 Å². The number of nitro groups is 1. The van der Waals surface area contributed by atoms with Crippen molar-refractivity contribution in [3.8, 4) is 11.3 Å². The van der Waals surface area contributed by atoms with Gasteiger partial charge >= 0.3 is 0 Å². The number of hydrogen-bond acceptors (Lipinski definition) is 5. The highest BCUT2D eigenvalue weighted by Crippen LogP contribution is 2.28. The molecule has 8 heteroatoms. The number of carbonyl (C=O) groups is 1. The first-order valence-corrected chi connectivity index (χ1v) is 10.1. The van der Waals surface area contributed by atoms with E-state index in [0.717, 1.165) is 22.0 Å². The number of nitrogens with zero attached hydrogens (tertiary/aromatic N) is 2. The number of aromatic nitrogens is 1. The number of nitrogens with one attached hydrogen (secondary N) is 1. The van der Waals surface area contributed by atoms with E-state index in [1.165, 1.54) is 35.6 Å². The number of halogens is 1. The number of fused-ring (bicyclic) bond motifs is 1. The Labute approximate surface area is 180 Å². The molecule has 1 aromatic heterocycles. The highest BCUT2D eigenvalue weighted by molar-refractivity contribution is 7.14. The van der Waals surface area contributed by atoms with E-state index in [-0.39, 0.29) is 16.6 Å². The lowest BCUT2D eigenvalue weighted by molar-refractivity contribution is -0.384. The molecule has 1 N–H and O–H groups in total. The molecule has 4 aromatic rings. The normalized spacial score (nSPS) is 11.1. The summed E-state index contributed by atoms with van der Waals surface area (Å²) in [4.78, 5) is 27.1. The van der Waals surface area contributed by atoms with E-state index >= 15 is 0 Å². The zero-order valence-electron chi connectivity index (χ0n) is 15.4. The fourth-order valence-electron chi connectivity index (χ4n) is 2.90. The molecule has 0 radical (unpaired) electrons. The Morgan fingerprint density at radius 3 is 2.70 bits per heavy atom. The predicted molar refractivity (Wildman–Crippen MR) is 121 cm³/mol. The molecule has 0 aliphatic carbocycles. The van der Waals surface area contributed by atoms with Crippen molar-refractivity contribution in [2.75, 3.05) is 5.32 Å². The van der Waals surface area contributed by atoms with Gasteiger partial charge in [0.1, 0.15) is 5.02 Å². The van der Waals surface area contributed by atoms with E-state index in [0.29, 0.717) is 10.7 Å². The Hall–Kier alpha value is -3.55. The number of anilines is 1. The second kappa shape index (κ2) is 8.44. The number of nitro benzene ring substituents is 1. The molecule has 30 heavy (non-hydrogen) atoms. The van der Waals surface area contributed by atoms with Gasteiger partial charge in [-0.05, 0) is 34.5 Å². The molecule has 0 bridgehead atoms. The Balaban J connectivity index is 1.46. The molecule has 0 atom stereocenters. The van der Waals surface area contributed by atoms with Crippen LogP contribution in [0.1, 0.15) is 5.56 Å². The monoisotopic (exact) mass is 435 g/mol. The van der Waals surface area contributed by atoms with E-state index in [2.05, 4.69) is 16.4 Å². The molecule has 0 aliphatic rings. The van der Waals surface area contributed by atoms with Crippen molar-refractivity contribution in [2.45, 2.75) is 0 Å². The van der Waals surface area contributed by atoms with Crippen LogP contribution in [0.3, 0.4) is 0 Å². The van der Waals surface area contributed by atoms with Gasteiger partial charge in [-0.15, -0.1) is 11.3 Å². The van der Waals surface area contributed by atoms with Crippen molar-refractivity contribution in [3.05, 3.63) is 92.8 Å². The summed E-state index contributed by atoms with van der Waals surface area (Å²) < 4.78 is 0. The van der Waals surface area contributed by atoms with E-state index in [1.807, 2.05) is 41.8 Å². The van der Waals surface area contributed by atoms with Crippen molar-refractivity contribution < 1.29 is 9.72 Å². The standard InChI is InChI=1S/C22H14ClN3O3S/c23-18-9-5-14(11-20(18)26(28)29)6-10-21(27)25-22-24-19(13-30-22)17-8-7-15-3-1-2-4-16(15)12-17/h1-13H,(H,24,25,27)/b10-6+. The quantitative estimate of drug-likeness (QED) is 0.230. The Morgan fingerprint density at radius 2 is 1.90 bits per heavy atom. The molecule has 0 fully saturated rings. The van der Waals surface area contributed by atoms with Gasteiger partial charge in [-0.25, -0.2) is 4.98 Å². The van der Waals surface area contributed by atoms with Gasteiger partial charge in [0.2, 0.25) is 5.91 Å². The molecule has 0 saturated heterocycles. The average molecular weight is 436 g/mol. The second-order valence-electron chi connectivity index (χ2n) is 6.39. The first-order chi connectivity index (χ1) is 14.5. The van der Waals surface area contributed by atoms with Gasteiger partial charge in [0.25, 0.3) is 5.69 Å². The maximum atomic E-state index is 12.2. The highest BCUT2D eigenvalue weighted by Gasteiger charge is 2.12. The topological polar surface area (TPSA) is 85.1 Å². The zero-order chi connectivity index (χ0) is 21.1. The first kappa shape index (κ1) is 19.8. The SMILES string of the molecule is O=C(/C=C/c1ccc(Cl)c([N+](=O)[O-])c1)Nc1nc(-c2ccc3ccccc3c2)cs1. The van der Waals surface area contributed by atoms with E-state index in [9.17, 15) is 14.9 Å². The summed E-state index contributed by atoms with van der Waals surface area (Å²) in [5.41, 5.74) is 2.03. The first-order valence-electron chi connectivity index (χ1n) is 8.87. The van der Waals surface area contributed by atoms with Crippen LogP contribution in [0.5, 0.6) is 0 Å². The third kappa shape index (κ3) is 4.37. The third-order valence-electron chi connectivity index (χ3n) is 4.37. The summed E-state index contributed by atoms with van der Waals surface area (Å²) in [5, 5.41) is 18.3. The van der Waals surface area contributed by atoms with Gasteiger partial charge in [0, 0.05) is 23.1 Å². The Bertz CT molecular complexity index is 1300. The van der Waals surface area contributed by atoms with E-state index < -0.39 is 4.92 Å². The van der Waals surface area contributed by atoms with Gasteiger partial charge in [-0.3, -0.25) is 20.2 Å². The third-order valence-corrected chi connectivity index (χ3v) is 5.45. The summed E-state index contributed by atoms with van der Waals surface area (Å²) in [7, 11) is 0. The lowest BCUT2D eigenvalue weighted by atomic mass is 10.1. The molecule has 0 aliphatic heterocycles. The van der Waals surface area contributed by atoms with Crippen LogP contribution in [0.4, 0.5) is 10.8 Å². The smallest absolute Gasteiger partial charge is 0.288 e. The molecular weight excluding hydrogens is 422 g/mol. The molecular formula is C22H14ClN3O3S. The average Bonchev–Trinajstić information content (AvgIpc) is 3.21. The number of carbonyl (C=O) groups excluding carboxylic acids is 1. The second-order valence-corrected chi connectivity index (χ2v) is 7.66. The molecule has 0 spiro atoms. The summed E-state index contributed by atoms with van der Waals surface area (Å²) >= 11 is 7.12. The lowest BCUT2D eigenvalue weighted by Crippen LogP contribution is -2.07. The van der Waals surface area contributed by atoms with Crippen LogP contribution in [0.2, 0.25) is 5.02 Å². The van der Waals surface area contributed by atoms with Crippen LogP contribution in [0.25, 0.3) is 28.1 Å². The summed E-state index contributed by atoms with van der Waals surface area (Å²) in [6.45, 7) is 0. The molecule has 148 valence electrons. The van der Waals surface area contributed by atoms with Gasteiger partial charge in [0.15, 0.2) is 5.13 Å². The molecule has 0 unspecified atom stereocenters. The van der Waals surface area contributed by atoms with Crippen LogP contribution in [0.15, 0.2) is 72.1 Å². The lowest BCUT2D eigenvalue weighted by Gasteiger charge is -2.01. The van der Waals surface area contributed by atoms with Crippen molar-refractivity contribution in [3.63, 3.8) is 0 Å². The molecule has 1 amide bonds. The number of rotatable bonds is 5. The van der Waals surface area contributed by atoms with E-state index in [1.54, 1.807) is 6.07 Å². The van der Waals surface area contributed by atoms with Crippen molar-refractivity contribution in [1.82, 2.24) is 4.98 Å². The fourth-order valence-corrected chi connectivity index (χ4v) is 3.81. The molecule has 6 nitrogen and oxygen atoms in total. The van der Waals surface area contributed by atoms with Crippen LogP contribution in [0, 0.1) is 10.1 Å². The molecule has 3 aromatic carbocycles. The summed E-state index contributed by atoms with van der Waals surface area (Å²) in [6, 6.07) is 18.5. The van der Waals surface area contributed by atoms with Gasteiger partial charge in [-0.2, -0.15) is 0 Å². The Kier molecular flexibility index (Phi) is 5.56. The van der Waals surface area contributed by atoms with Gasteiger partial charge in [0.05, 0.1) is 10.6 Å². The minimum absolute atomic E-state index is 0.0469. The van der Waals surface area contributed by atoms with Crippen molar-refractivity contribution in [2.24, 2.45) is 0 Å². The molecule has 4 rings (SSSR count). The van der Waals surface area contributed by atoms with Crippen LogP contribution in [-0.2, 0) is 4.79 Å². The van der Waals surface area contributed by atoms with Crippen LogP contribution in [-0.4, -0.2) is 15.8 Å². The zero-order valence-corrected chi connectivity index (χ0v) is 17.0. The number of amides is 1. The Morgan fingerprint density at radius 1 is 1.10 bits per heavy atom. The van der Waals surface area contributed by atoms with Crippen LogP contribution < -0.4 is 5.32 Å². The maximum absolute atomic E-state index is 12.2. The molecule has 0 saturated carbocycles. The highest BCUT2D eigenvalue weighted by atomic mass is 35.5. The number of benzene rings is 3. The van der Waals surface area contributed by atoms with Crippen molar-refractivity contribution >= 4 is 56.5 Å². The summed E-state index contributed by atoms with van der Waals surface area (Å²) in [6.07, 6.45) is 2.78. The number of hydrogen-bond donors (Lipinski definition) is 1. The van der Waals surface area contributed by atoms with Gasteiger partial charge in [-0.1, -0.05) is 54.1 Å².